The highest BCUT2D eigenvalue weighted by molar-refractivity contribution is 7.80. The van der Waals surface area contributed by atoms with Crippen molar-refractivity contribution in [3.8, 4) is 0 Å². The van der Waals surface area contributed by atoms with Gasteiger partial charge >= 0.3 is 0 Å². The van der Waals surface area contributed by atoms with Crippen LogP contribution in [0.1, 0.15) is 5.56 Å². The maximum Gasteiger partial charge on any atom is 0.250 e. The first kappa shape index (κ1) is 15.0. The van der Waals surface area contributed by atoms with Gasteiger partial charge in [-0.25, -0.2) is 0 Å². The van der Waals surface area contributed by atoms with Crippen molar-refractivity contribution >= 4 is 40.9 Å². The molecule has 1 aliphatic rings. The first-order valence-electron chi connectivity index (χ1n) is 6.26. The van der Waals surface area contributed by atoms with Gasteiger partial charge in [0, 0.05) is 24.2 Å². The smallest absolute Gasteiger partial charge is 0.250 e. The first-order valence-corrected chi connectivity index (χ1v) is 7.05. The number of thiocarbonyl (C=S) groups is 1. The van der Waals surface area contributed by atoms with Crippen molar-refractivity contribution in [2.75, 3.05) is 26.3 Å². The van der Waals surface area contributed by atoms with Crippen LogP contribution in [0.3, 0.4) is 0 Å². The third kappa shape index (κ3) is 4.59. The van der Waals surface area contributed by atoms with Crippen LogP contribution in [0.15, 0.2) is 30.3 Å². The van der Waals surface area contributed by atoms with Gasteiger partial charge in [0.1, 0.15) is 0 Å². The number of nitrogens with zero attached hydrogens (tertiary/aromatic N) is 1. The third-order valence-corrected chi connectivity index (χ3v) is 3.44. The number of amides is 1. The van der Waals surface area contributed by atoms with Crippen molar-refractivity contribution in [2.24, 2.45) is 0 Å². The second-order valence-corrected chi connectivity index (χ2v) is 5.10. The predicted molar refractivity (Wildman–Crippen MR) is 83.6 cm³/mol. The maximum atomic E-state index is 11.8. The van der Waals surface area contributed by atoms with Crippen LogP contribution in [0.25, 0.3) is 6.08 Å². The Morgan fingerprint density at radius 3 is 2.60 bits per heavy atom. The van der Waals surface area contributed by atoms with Crippen LogP contribution in [-0.4, -0.2) is 42.2 Å². The lowest BCUT2D eigenvalue weighted by Crippen LogP contribution is -2.47. The molecule has 0 aromatic heterocycles. The lowest BCUT2D eigenvalue weighted by Gasteiger charge is -2.28. The Bertz CT molecular complexity index is 510. The monoisotopic (exact) mass is 310 g/mol. The summed E-state index contributed by atoms with van der Waals surface area (Å²) in [7, 11) is 0. The highest BCUT2D eigenvalue weighted by Crippen LogP contribution is 2.10. The molecule has 1 saturated heterocycles. The molecule has 0 saturated carbocycles. The molecule has 0 spiro atoms. The molecule has 1 aliphatic heterocycles. The van der Waals surface area contributed by atoms with Gasteiger partial charge in [-0.1, -0.05) is 23.7 Å². The van der Waals surface area contributed by atoms with E-state index in [4.69, 9.17) is 28.6 Å². The van der Waals surface area contributed by atoms with E-state index < -0.39 is 0 Å². The predicted octanol–water partition coefficient (Wildman–Crippen LogP) is 2.09. The van der Waals surface area contributed by atoms with Crippen LogP contribution in [0.2, 0.25) is 5.02 Å². The van der Waals surface area contributed by atoms with Gasteiger partial charge in [-0.15, -0.1) is 0 Å². The molecule has 2 rings (SSSR count). The van der Waals surface area contributed by atoms with Gasteiger partial charge in [-0.05, 0) is 36.0 Å². The highest BCUT2D eigenvalue weighted by atomic mass is 35.5. The van der Waals surface area contributed by atoms with Crippen LogP contribution >= 0.6 is 23.8 Å². The summed E-state index contributed by atoms with van der Waals surface area (Å²) in [4.78, 5) is 13.7. The van der Waals surface area contributed by atoms with E-state index in [1.54, 1.807) is 18.2 Å². The Balaban J connectivity index is 1.85. The second-order valence-electron chi connectivity index (χ2n) is 4.28. The Morgan fingerprint density at radius 2 is 1.95 bits per heavy atom. The summed E-state index contributed by atoms with van der Waals surface area (Å²) >= 11 is 11.0. The molecule has 0 atom stereocenters. The van der Waals surface area contributed by atoms with E-state index in [-0.39, 0.29) is 5.91 Å². The molecule has 0 unspecified atom stereocenters. The van der Waals surface area contributed by atoms with Gasteiger partial charge in [0.05, 0.1) is 13.2 Å². The molecular formula is C14H15ClN2O2S. The molecule has 0 radical (unpaired) electrons. The number of benzene rings is 1. The van der Waals surface area contributed by atoms with Gasteiger partial charge in [0.2, 0.25) is 5.91 Å². The van der Waals surface area contributed by atoms with Crippen LogP contribution < -0.4 is 5.32 Å². The topological polar surface area (TPSA) is 41.6 Å². The Labute approximate surface area is 128 Å². The molecule has 1 fully saturated rings. The minimum Gasteiger partial charge on any atom is -0.378 e. The SMILES string of the molecule is O=C(/C=C/c1ccc(Cl)cc1)NC(=S)N1CCOCC1. The molecule has 1 aromatic carbocycles. The fraction of sp³-hybridized carbons (Fsp3) is 0.286. The van der Waals surface area contributed by atoms with Crippen molar-refractivity contribution in [2.45, 2.75) is 0 Å². The summed E-state index contributed by atoms with van der Waals surface area (Å²) in [6, 6.07) is 7.23. The summed E-state index contributed by atoms with van der Waals surface area (Å²) in [5.74, 6) is -0.239. The zero-order valence-corrected chi connectivity index (χ0v) is 12.4. The number of morpholine rings is 1. The molecule has 0 bridgehead atoms. The Hall–Kier alpha value is -1.43. The molecule has 4 nitrogen and oxygen atoms in total. The standard InChI is InChI=1S/C14H15ClN2O2S/c15-12-4-1-11(2-5-12)3-6-13(18)16-14(20)17-7-9-19-10-8-17/h1-6H,7-10H2,(H,16,18,20)/b6-3+. The second kappa shape index (κ2) is 7.38. The summed E-state index contributed by atoms with van der Waals surface area (Å²) in [5, 5.41) is 3.79. The molecule has 20 heavy (non-hydrogen) atoms. The maximum absolute atomic E-state index is 11.8. The number of rotatable bonds is 2. The zero-order valence-electron chi connectivity index (χ0n) is 10.8. The van der Waals surface area contributed by atoms with Crippen molar-refractivity contribution < 1.29 is 9.53 Å². The number of carbonyl (C=O) groups excluding carboxylic acids is 1. The molecule has 1 amide bonds. The summed E-state index contributed by atoms with van der Waals surface area (Å²) in [5.41, 5.74) is 0.904. The van der Waals surface area contributed by atoms with E-state index in [0.717, 1.165) is 5.56 Å². The van der Waals surface area contributed by atoms with Gasteiger partial charge in [-0.2, -0.15) is 0 Å². The number of halogens is 1. The van der Waals surface area contributed by atoms with Crippen LogP contribution in [0, 0.1) is 0 Å². The van der Waals surface area contributed by atoms with Gasteiger partial charge in [0.15, 0.2) is 5.11 Å². The highest BCUT2D eigenvalue weighted by Gasteiger charge is 2.14. The molecule has 106 valence electrons. The van der Waals surface area contributed by atoms with Gasteiger partial charge in [0.25, 0.3) is 0 Å². The fourth-order valence-electron chi connectivity index (χ4n) is 1.74. The fourth-order valence-corrected chi connectivity index (χ4v) is 2.15. The van der Waals surface area contributed by atoms with Gasteiger partial charge < -0.3 is 9.64 Å². The Kier molecular flexibility index (Phi) is 5.52. The quantitative estimate of drug-likeness (QED) is 0.671. The van der Waals surface area contributed by atoms with E-state index in [0.29, 0.717) is 36.4 Å². The zero-order chi connectivity index (χ0) is 14.4. The largest absolute Gasteiger partial charge is 0.378 e. The van der Waals surface area contributed by atoms with E-state index in [1.165, 1.54) is 6.08 Å². The number of ether oxygens (including phenoxy) is 1. The van der Waals surface area contributed by atoms with E-state index in [1.807, 2.05) is 17.0 Å². The summed E-state index contributed by atoms with van der Waals surface area (Å²) < 4.78 is 5.23. The van der Waals surface area contributed by atoms with Crippen LogP contribution in [-0.2, 0) is 9.53 Å². The lowest BCUT2D eigenvalue weighted by molar-refractivity contribution is -0.115. The lowest BCUT2D eigenvalue weighted by atomic mass is 10.2. The van der Waals surface area contributed by atoms with E-state index in [9.17, 15) is 4.79 Å². The van der Waals surface area contributed by atoms with Crippen LogP contribution in [0.4, 0.5) is 0 Å². The number of carbonyl (C=O) groups is 1. The van der Waals surface area contributed by atoms with Crippen molar-refractivity contribution in [3.05, 3.63) is 40.9 Å². The van der Waals surface area contributed by atoms with Crippen molar-refractivity contribution in [1.29, 1.82) is 0 Å². The minimum atomic E-state index is -0.239. The molecule has 1 aromatic rings. The van der Waals surface area contributed by atoms with Crippen molar-refractivity contribution in [1.82, 2.24) is 10.2 Å². The molecular weight excluding hydrogens is 296 g/mol. The summed E-state index contributed by atoms with van der Waals surface area (Å²) in [6.07, 6.45) is 3.17. The van der Waals surface area contributed by atoms with E-state index in [2.05, 4.69) is 5.32 Å². The first-order chi connectivity index (χ1) is 9.65. The molecule has 1 N–H and O–H groups in total. The summed E-state index contributed by atoms with van der Waals surface area (Å²) in [6.45, 7) is 2.69. The molecule has 1 heterocycles. The average Bonchev–Trinajstić information content (AvgIpc) is 2.47. The van der Waals surface area contributed by atoms with Crippen molar-refractivity contribution in [3.63, 3.8) is 0 Å². The number of hydrogen-bond donors (Lipinski definition) is 1. The van der Waals surface area contributed by atoms with Crippen LogP contribution in [0.5, 0.6) is 0 Å². The molecule has 6 heteroatoms. The number of hydrogen-bond acceptors (Lipinski definition) is 3. The third-order valence-electron chi connectivity index (χ3n) is 2.83. The number of nitrogens with one attached hydrogen (secondary N) is 1. The minimum absolute atomic E-state index is 0.239. The normalized spacial score (nSPS) is 15.3. The average molecular weight is 311 g/mol. The van der Waals surface area contributed by atoms with Gasteiger partial charge in [-0.3, -0.25) is 10.1 Å². The van der Waals surface area contributed by atoms with E-state index >= 15 is 0 Å². The molecule has 0 aliphatic carbocycles. The Morgan fingerprint density at radius 1 is 1.30 bits per heavy atom.